The van der Waals surface area contributed by atoms with Crippen LogP contribution in [0.5, 0.6) is 0 Å². The molecule has 0 radical (unpaired) electrons. The van der Waals surface area contributed by atoms with Crippen LogP contribution in [0.1, 0.15) is 0 Å². The average Bonchev–Trinajstić information content (AvgIpc) is 2.24. The summed E-state index contributed by atoms with van der Waals surface area (Å²) in [7, 11) is 0. The Hall–Kier alpha value is -0.872. The van der Waals surface area contributed by atoms with Gasteiger partial charge in [0.25, 0.3) is 0 Å². The van der Waals surface area contributed by atoms with E-state index in [1.54, 1.807) is 0 Å². The molecule has 0 saturated heterocycles. The van der Waals surface area contributed by atoms with Crippen LogP contribution in [0, 0.1) is 12.1 Å². The minimum atomic E-state index is 0. The molecule has 0 aliphatic rings. The minimum Gasteiger partial charge on any atom is -0.184 e. The van der Waals surface area contributed by atoms with E-state index in [0.29, 0.717) is 0 Å². The maximum absolute atomic E-state index is 2.89. The van der Waals surface area contributed by atoms with Crippen LogP contribution in [-0.4, -0.2) is 0 Å². The monoisotopic (exact) mass is 349 g/mol. The summed E-state index contributed by atoms with van der Waals surface area (Å²) in [4.78, 5) is 0. The summed E-state index contributed by atoms with van der Waals surface area (Å²) in [6.07, 6.45) is 0. The van der Waals surface area contributed by atoms with Gasteiger partial charge in [0.05, 0.1) is 0 Å². The van der Waals surface area contributed by atoms with Crippen LogP contribution in [-0.2, 0) is 21.1 Å². The van der Waals surface area contributed by atoms with Gasteiger partial charge >= 0.3 is 21.1 Å². The van der Waals surface area contributed by atoms with Crippen molar-refractivity contribution in [2.75, 3.05) is 0 Å². The molecule has 0 nitrogen and oxygen atoms in total. The van der Waals surface area contributed by atoms with E-state index in [9.17, 15) is 0 Å². The van der Waals surface area contributed by atoms with E-state index < -0.39 is 0 Å². The van der Waals surface area contributed by atoms with Crippen LogP contribution in [0.15, 0.2) is 60.7 Å². The van der Waals surface area contributed by atoms with Crippen LogP contribution < -0.4 is 0 Å². The van der Waals surface area contributed by atoms with Crippen LogP contribution in [0.3, 0.4) is 0 Å². The van der Waals surface area contributed by atoms with Gasteiger partial charge in [0.15, 0.2) is 0 Å². The van der Waals surface area contributed by atoms with Crippen molar-refractivity contribution in [3.63, 3.8) is 0 Å². The third kappa shape index (κ3) is 7.49. The van der Waals surface area contributed by atoms with Gasteiger partial charge in [-0.25, -0.2) is 0 Å². The summed E-state index contributed by atoms with van der Waals surface area (Å²) in [5, 5.41) is 0. The molecule has 0 aliphatic carbocycles. The Morgan fingerprint density at radius 3 is 0.846 bits per heavy atom. The van der Waals surface area contributed by atoms with E-state index >= 15 is 0 Å². The summed E-state index contributed by atoms with van der Waals surface area (Å²) in [6.45, 7) is 0. The topological polar surface area (TPSA) is 0 Å². The second-order valence-corrected chi connectivity index (χ2v) is 2.15. The maximum atomic E-state index is 2.89. The van der Waals surface area contributed by atoms with Crippen LogP contribution in [0.4, 0.5) is 0 Å². The molecule has 2 rings (SSSR count). The number of hydrogen-bond donors (Lipinski definition) is 0. The zero-order chi connectivity index (χ0) is 8.49. The van der Waals surface area contributed by atoms with Crippen molar-refractivity contribution < 1.29 is 21.1 Å². The predicted molar refractivity (Wildman–Crippen MR) is 50.6 cm³/mol. The molecule has 0 fully saturated rings. The van der Waals surface area contributed by atoms with E-state index in [-0.39, 0.29) is 21.1 Å². The van der Waals surface area contributed by atoms with Crippen molar-refractivity contribution >= 4 is 0 Å². The molecule has 0 saturated carbocycles. The van der Waals surface area contributed by atoms with Gasteiger partial charge in [-0.3, -0.25) is 0 Å². The summed E-state index contributed by atoms with van der Waals surface area (Å²) in [6, 6.07) is 25.0. The SMILES string of the molecule is [Pt+2].[c-]1ccccc1.[c-]1ccccc1. The molecule has 0 spiro atoms. The van der Waals surface area contributed by atoms with E-state index in [1.165, 1.54) is 0 Å². The summed E-state index contributed by atoms with van der Waals surface area (Å²) >= 11 is 0. The third-order valence-electron chi connectivity index (χ3n) is 1.21. The van der Waals surface area contributed by atoms with Crippen molar-refractivity contribution in [2.24, 2.45) is 0 Å². The Bertz CT molecular complexity index is 181. The minimum absolute atomic E-state index is 0. The molecule has 0 atom stereocenters. The normalized spacial score (nSPS) is 7.38. The first-order chi connectivity index (χ1) is 6.00. The zero-order valence-corrected chi connectivity index (χ0v) is 9.36. The zero-order valence-electron chi connectivity index (χ0n) is 7.09. The Kier molecular flexibility index (Phi) is 8.60. The largest absolute Gasteiger partial charge is 2.00 e. The molecule has 0 bridgehead atoms. The fraction of sp³-hybridized carbons (Fsp3) is 0. The molecule has 0 amide bonds. The standard InChI is InChI=1S/2C6H5.Pt/c2*1-2-4-6-5-3-1;/h2*1-5H;/q2*-1;+2. The maximum Gasteiger partial charge on any atom is 2.00 e. The second-order valence-electron chi connectivity index (χ2n) is 2.15. The van der Waals surface area contributed by atoms with E-state index in [4.69, 9.17) is 0 Å². The van der Waals surface area contributed by atoms with Crippen molar-refractivity contribution in [3.05, 3.63) is 72.8 Å². The molecule has 1 heteroatoms. The molecule has 0 aromatic heterocycles. The van der Waals surface area contributed by atoms with Crippen LogP contribution in [0.25, 0.3) is 0 Å². The van der Waals surface area contributed by atoms with Gasteiger partial charge in [-0.05, 0) is 0 Å². The Balaban J connectivity index is 0.000000206. The smallest absolute Gasteiger partial charge is 0.184 e. The van der Waals surface area contributed by atoms with Gasteiger partial charge in [0, 0.05) is 0 Å². The van der Waals surface area contributed by atoms with Crippen molar-refractivity contribution in [3.8, 4) is 0 Å². The van der Waals surface area contributed by atoms with Crippen molar-refractivity contribution in [1.29, 1.82) is 0 Å². The average molecular weight is 349 g/mol. The van der Waals surface area contributed by atoms with Gasteiger partial charge < -0.3 is 0 Å². The number of rotatable bonds is 0. The van der Waals surface area contributed by atoms with Gasteiger partial charge in [-0.2, -0.15) is 72.8 Å². The van der Waals surface area contributed by atoms with Gasteiger partial charge in [0.2, 0.25) is 0 Å². The van der Waals surface area contributed by atoms with Gasteiger partial charge in [-0.1, -0.05) is 0 Å². The summed E-state index contributed by atoms with van der Waals surface area (Å²) < 4.78 is 0. The Morgan fingerprint density at radius 2 is 0.769 bits per heavy atom. The number of hydrogen-bond acceptors (Lipinski definition) is 0. The van der Waals surface area contributed by atoms with Crippen LogP contribution >= 0.6 is 0 Å². The predicted octanol–water partition coefficient (Wildman–Crippen LogP) is 2.97. The van der Waals surface area contributed by atoms with Crippen molar-refractivity contribution in [1.82, 2.24) is 0 Å². The van der Waals surface area contributed by atoms with E-state index in [0.717, 1.165) is 0 Å². The molecule has 13 heavy (non-hydrogen) atoms. The second kappa shape index (κ2) is 9.22. The summed E-state index contributed by atoms with van der Waals surface area (Å²) in [5.41, 5.74) is 0. The molecular formula is C12H10Pt. The van der Waals surface area contributed by atoms with Gasteiger partial charge in [-0.15, -0.1) is 0 Å². The first-order valence-corrected chi connectivity index (χ1v) is 3.82. The summed E-state index contributed by atoms with van der Waals surface area (Å²) in [5.74, 6) is 0. The molecule has 0 N–H and O–H groups in total. The first-order valence-electron chi connectivity index (χ1n) is 3.82. The third-order valence-corrected chi connectivity index (χ3v) is 1.21. The van der Waals surface area contributed by atoms with E-state index in [1.807, 2.05) is 60.7 Å². The van der Waals surface area contributed by atoms with E-state index in [2.05, 4.69) is 12.1 Å². The van der Waals surface area contributed by atoms with Crippen molar-refractivity contribution in [2.45, 2.75) is 0 Å². The molecule has 0 aliphatic heterocycles. The molecular weight excluding hydrogens is 339 g/mol. The molecule has 0 unspecified atom stereocenters. The van der Waals surface area contributed by atoms with Gasteiger partial charge in [0.1, 0.15) is 0 Å². The Morgan fingerprint density at radius 1 is 0.462 bits per heavy atom. The quantitative estimate of drug-likeness (QED) is 0.642. The molecule has 0 heterocycles. The van der Waals surface area contributed by atoms with Crippen LogP contribution in [0.2, 0.25) is 0 Å². The fourth-order valence-corrected chi connectivity index (χ4v) is 0.684. The fourth-order valence-electron chi connectivity index (χ4n) is 0.684. The Labute approximate surface area is 93.9 Å². The molecule has 2 aromatic rings. The molecule has 68 valence electrons. The molecule has 2 aromatic carbocycles. The first kappa shape index (κ1) is 12.1. The number of benzene rings is 2.